The Morgan fingerprint density at radius 2 is 2.19 bits per heavy atom. The van der Waals surface area contributed by atoms with Gasteiger partial charge in [-0.2, -0.15) is 17.4 Å². The molecule has 2 atom stereocenters. The van der Waals surface area contributed by atoms with Crippen LogP contribution in [0.3, 0.4) is 0 Å². The Labute approximate surface area is 153 Å². The van der Waals surface area contributed by atoms with Gasteiger partial charge in [-0.15, -0.1) is 10.2 Å². The summed E-state index contributed by atoms with van der Waals surface area (Å²) < 4.78 is 46.4. The van der Waals surface area contributed by atoms with Gasteiger partial charge in [-0.1, -0.05) is 11.6 Å². The molecule has 2 heterocycles. The summed E-state index contributed by atoms with van der Waals surface area (Å²) in [5.41, 5.74) is 0.246. The van der Waals surface area contributed by atoms with Crippen LogP contribution in [0.5, 0.6) is 0 Å². The lowest BCUT2D eigenvalue weighted by Gasteiger charge is -2.34. The highest BCUT2D eigenvalue weighted by molar-refractivity contribution is 7.87. The lowest BCUT2D eigenvalue weighted by atomic mass is 10.1. The van der Waals surface area contributed by atoms with Crippen LogP contribution < -0.4 is 10.0 Å². The quantitative estimate of drug-likeness (QED) is 0.799. The van der Waals surface area contributed by atoms with Crippen LogP contribution >= 0.6 is 11.6 Å². The summed E-state index contributed by atoms with van der Waals surface area (Å²) in [6.07, 6.45) is 0.0676. The molecule has 3 rings (SSSR count). The van der Waals surface area contributed by atoms with Crippen molar-refractivity contribution in [1.82, 2.24) is 19.2 Å². The number of carbonyl (C=O) groups excluding carboxylic acids is 1. The van der Waals surface area contributed by atoms with Crippen molar-refractivity contribution in [2.45, 2.75) is 25.4 Å². The number of aromatic nitrogens is 2. The van der Waals surface area contributed by atoms with Crippen molar-refractivity contribution in [2.75, 3.05) is 12.4 Å². The van der Waals surface area contributed by atoms with Crippen LogP contribution in [-0.2, 0) is 15.0 Å². The summed E-state index contributed by atoms with van der Waals surface area (Å²) in [6, 6.07) is 1.79. The zero-order valence-corrected chi connectivity index (χ0v) is 15.3. The van der Waals surface area contributed by atoms with Gasteiger partial charge in [-0.25, -0.2) is 4.39 Å². The lowest BCUT2D eigenvalue weighted by Crippen LogP contribution is -2.56. The second kappa shape index (κ2) is 6.91. The van der Waals surface area contributed by atoms with Gasteiger partial charge < -0.3 is 9.73 Å². The van der Waals surface area contributed by atoms with Crippen LogP contribution in [0.2, 0.25) is 5.02 Å². The first-order valence-corrected chi connectivity index (χ1v) is 9.30. The molecule has 2 N–H and O–H groups in total. The lowest BCUT2D eigenvalue weighted by molar-refractivity contribution is -0.120. The number of anilines is 1. The van der Waals surface area contributed by atoms with E-state index in [2.05, 4.69) is 20.2 Å². The Morgan fingerprint density at radius 3 is 2.81 bits per heavy atom. The Morgan fingerprint density at radius 1 is 1.46 bits per heavy atom. The first kappa shape index (κ1) is 18.7. The second-order valence-electron chi connectivity index (χ2n) is 5.72. The third-order valence-electron chi connectivity index (χ3n) is 3.90. The number of likely N-dealkylation sites (N-methyl/N-ethyl adjacent to an activating group) is 1. The van der Waals surface area contributed by atoms with Crippen LogP contribution in [-0.4, -0.2) is 41.9 Å². The molecule has 2 unspecified atom stereocenters. The molecule has 1 aromatic heterocycles. The summed E-state index contributed by atoms with van der Waals surface area (Å²) in [5, 5.41) is 9.85. The van der Waals surface area contributed by atoms with Crippen LogP contribution in [0.4, 0.5) is 10.1 Å². The van der Waals surface area contributed by atoms with Gasteiger partial charge in [-0.3, -0.25) is 4.79 Å². The number of amides is 1. The Kier molecular flexibility index (Phi) is 4.97. The molecule has 9 nitrogen and oxygen atoms in total. The molecule has 1 amide bonds. The number of hydrogen-bond acceptors (Lipinski definition) is 6. The number of hydrogen-bond donors (Lipinski definition) is 2. The maximum atomic E-state index is 13.2. The van der Waals surface area contributed by atoms with E-state index in [0.29, 0.717) is 0 Å². The zero-order valence-electron chi connectivity index (χ0n) is 13.7. The molecule has 1 aliphatic rings. The molecule has 26 heavy (non-hydrogen) atoms. The van der Waals surface area contributed by atoms with Crippen molar-refractivity contribution < 1.29 is 22.0 Å². The minimum Gasteiger partial charge on any atom is -0.424 e. The minimum absolute atomic E-state index is 0.0676. The number of benzene rings is 1. The van der Waals surface area contributed by atoms with Crippen molar-refractivity contribution in [2.24, 2.45) is 0 Å². The molecule has 12 heteroatoms. The number of carbonyl (C=O) groups is 1. The summed E-state index contributed by atoms with van der Waals surface area (Å²) in [6.45, 7) is 1.57. The van der Waals surface area contributed by atoms with Gasteiger partial charge in [-0.05, 0) is 24.6 Å². The minimum atomic E-state index is -3.94. The fourth-order valence-electron chi connectivity index (χ4n) is 2.53. The maximum Gasteiger partial charge on any atom is 0.280 e. The Hall–Kier alpha value is -2.08. The van der Waals surface area contributed by atoms with E-state index >= 15 is 0 Å². The average molecular weight is 404 g/mol. The summed E-state index contributed by atoms with van der Waals surface area (Å²) in [7, 11) is -2.66. The van der Waals surface area contributed by atoms with Gasteiger partial charge in [0.05, 0.1) is 5.02 Å². The summed E-state index contributed by atoms with van der Waals surface area (Å²) in [4.78, 5) is 12.6. The number of nitrogens with one attached hydrogen (secondary N) is 2. The smallest absolute Gasteiger partial charge is 0.280 e. The number of aryl methyl sites for hydroxylation is 1. The molecular weight excluding hydrogens is 389 g/mol. The summed E-state index contributed by atoms with van der Waals surface area (Å²) >= 11 is 5.69. The number of halogens is 2. The maximum absolute atomic E-state index is 13.2. The highest BCUT2D eigenvalue weighted by atomic mass is 35.5. The van der Waals surface area contributed by atoms with Gasteiger partial charge in [0.15, 0.2) is 0 Å². The average Bonchev–Trinajstić information content (AvgIpc) is 2.99. The zero-order chi connectivity index (χ0) is 19.1. The molecule has 1 saturated heterocycles. The van der Waals surface area contributed by atoms with E-state index in [4.69, 9.17) is 16.0 Å². The van der Waals surface area contributed by atoms with E-state index in [9.17, 15) is 17.6 Å². The molecule has 0 spiro atoms. The molecule has 1 aromatic carbocycles. The van der Waals surface area contributed by atoms with E-state index in [-0.39, 0.29) is 28.9 Å². The molecule has 1 fully saturated rings. The largest absolute Gasteiger partial charge is 0.424 e. The molecular formula is C14H15ClFN5O4S. The fraction of sp³-hybridized carbons (Fsp3) is 0.357. The molecule has 0 aliphatic carbocycles. The van der Waals surface area contributed by atoms with Crippen molar-refractivity contribution in [1.29, 1.82) is 0 Å². The Bertz CT molecular complexity index is 951. The first-order valence-electron chi connectivity index (χ1n) is 7.48. The van der Waals surface area contributed by atoms with E-state index in [1.54, 1.807) is 6.92 Å². The molecule has 1 aliphatic heterocycles. The van der Waals surface area contributed by atoms with Crippen molar-refractivity contribution >= 4 is 33.4 Å². The fourth-order valence-corrected chi connectivity index (χ4v) is 3.95. The molecule has 0 radical (unpaired) electrons. The van der Waals surface area contributed by atoms with Crippen LogP contribution in [0, 0.1) is 12.7 Å². The van der Waals surface area contributed by atoms with E-state index in [1.807, 2.05) is 0 Å². The normalized spacial score (nSPS) is 22.9. The highest BCUT2D eigenvalue weighted by Crippen LogP contribution is 2.28. The van der Waals surface area contributed by atoms with Crippen LogP contribution in [0.1, 0.15) is 24.2 Å². The van der Waals surface area contributed by atoms with Crippen molar-refractivity contribution in [3.63, 3.8) is 0 Å². The van der Waals surface area contributed by atoms with E-state index in [0.717, 1.165) is 10.4 Å². The van der Waals surface area contributed by atoms with Gasteiger partial charge in [0.25, 0.3) is 10.2 Å². The molecule has 0 bridgehead atoms. The van der Waals surface area contributed by atoms with Gasteiger partial charge in [0.1, 0.15) is 17.9 Å². The monoisotopic (exact) mass is 403 g/mol. The van der Waals surface area contributed by atoms with Gasteiger partial charge in [0, 0.05) is 19.7 Å². The van der Waals surface area contributed by atoms with E-state index in [1.165, 1.54) is 19.2 Å². The van der Waals surface area contributed by atoms with E-state index < -0.39 is 34.0 Å². The first-order chi connectivity index (χ1) is 12.2. The van der Waals surface area contributed by atoms with Crippen molar-refractivity contribution in [3.05, 3.63) is 40.8 Å². The third kappa shape index (κ3) is 3.70. The van der Waals surface area contributed by atoms with Crippen LogP contribution in [0.15, 0.2) is 22.6 Å². The van der Waals surface area contributed by atoms with Gasteiger partial charge >= 0.3 is 0 Å². The molecule has 2 aromatic rings. The molecule has 140 valence electrons. The predicted molar refractivity (Wildman–Crippen MR) is 90.0 cm³/mol. The topological polar surface area (TPSA) is 117 Å². The number of rotatable bonds is 3. The third-order valence-corrected chi connectivity index (χ3v) is 5.78. The summed E-state index contributed by atoms with van der Waals surface area (Å²) in [5.74, 6) is -0.874. The highest BCUT2D eigenvalue weighted by Gasteiger charge is 2.42. The number of nitrogens with zero attached hydrogens (tertiary/aromatic N) is 3. The predicted octanol–water partition coefficient (Wildman–Crippen LogP) is 1.39. The standard InChI is InChI=1S/C14H15ClFN5O4S/c1-7-18-19-14(25-7)11-6-12(21(2)26(23,24)20-11)13(22)17-8-3-4-10(16)9(15)5-8/h3-5,11-12,20H,6H2,1-2H3,(H,17,22). The molecule has 0 saturated carbocycles. The van der Waals surface area contributed by atoms with Crippen LogP contribution in [0.25, 0.3) is 0 Å². The van der Waals surface area contributed by atoms with Gasteiger partial charge in [0.2, 0.25) is 17.7 Å². The SMILES string of the molecule is Cc1nnc(C2CC(C(=O)Nc3ccc(F)c(Cl)c3)N(C)S(=O)(=O)N2)o1. The Balaban J connectivity index is 1.83. The second-order valence-corrected chi connectivity index (χ2v) is 7.89. The van der Waals surface area contributed by atoms with Crippen molar-refractivity contribution in [3.8, 4) is 0 Å².